The summed E-state index contributed by atoms with van der Waals surface area (Å²) in [5.74, 6) is 1.40. The van der Waals surface area contributed by atoms with Crippen molar-refractivity contribution in [1.82, 2.24) is 5.32 Å². The van der Waals surface area contributed by atoms with E-state index in [1.165, 1.54) is 31.3 Å². The number of aliphatic hydroxyl groups is 1. The molecule has 2 rings (SSSR count). The zero-order valence-electron chi connectivity index (χ0n) is 23.0. The van der Waals surface area contributed by atoms with E-state index in [0.29, 0.717) is 23.9 Å². The molecule has 0 heterocycles. The van der Waals surface area contributed by atoms with Gasteiger partial charge in [0.2, 0.25) is 6.41 Å². The number of amides is 1. The average molecular weight is 505 g/mol. The summed E-state index contributed by atoms with van der Waals surface area (Å²) < 4.78 is 0. The second kappa shape index (κ2) is 18.4. The molecule has 1 aromatic carbocycles. The predicted octanol–water partition coefficient (Wildman–Crippen LogP) is 8.07. The third-order valence-corrected chi connectivity index (χ3v) is 6.68. The molecule has 35 heavy (non-hydrogen) atoms. The van der Waals surface area contributed by atoms with Crippen LogP contribution in [0.15, 0.2) is 54.7 Å². The molecule has 1 fully saturated rings. The Morgan fingerprint density at radius 1 is 1.29 bits per heavy atom. The minimum atomic E-state index is -0.458. The maximum absolute atomic E-state index is 10.7. The number of anilines is 1. The fourth-order valence-electron chi connectivity index (χ4n) is 3.46. The lowest BCUT2D eigenvalue weighted by molar-refractivity contribution is -0.105. The number of hydrogen-bond acceptors (Lipinski definition) is 3. The third-order valence-electron chi connectivity index (χ3n) is 6.44. The van der Waals surface area contributed by atoms with Crippen LogP contribution < -0.4 is 10.6 Å². The lowest BCUT2D eigenvalue weighted by Crippen LogP contribution is -2.32. The Morgan fingerprint density at radius 2 is 1.89 bits per heavy atom. The first-order valence-electron chi connectivity index (χ1n) is 12.9. The lowest BCUT2D eigenvalue weighted by Gasteiger charge is -2.23. The molecule has 0 radical (unpaired) electrons. The highest BCUT2D eigenvalue weighted by atomic mass is 35.5. The highest BCUT2D eigenvalue weighted by Crippen LogP contribution is 2.23. The minimum Gasteiger partial charge on any atom is -0.390 e. The van der Waals surface area contributed by atoms with Crippen molar-refractivity contribution >= 4 is 23.7 Å². The molecule has 0 aliphatic heterocycles. The van der Waals surface area contributed by atoms with Gasteiger partial charge >= 0.3 is 0 Å². The zero-order valence-corrected chi connectivity index (χ0v) is 23.8. The Kier molecular flexibility index (Phi) is 17.4. The van der Waals surface area contributed by atoms with Gasteiger partial charge in [0.25, 0.3) is 0 Å². The van der Waals surface area contributed by atoms with E-state index in [0.717, 1.165) is 23.6 Å². The normalized spacial score (nSPS) is 16.0. The molecule has 3 N–H and O–H groups in total. The molecule has 4 nitrogen and oxygen atoms in total. The zero-order chi connectivity index (χ0) is 26.9. The van der Waals surface area contributed by atoms with E-state index >= 15 is 0 Å². The predicted molar refractivity (Wildman–Crippen MR) is 154 cm³/mol. The molecule has 1 amide bonds. The second-order valence-electron chi connectivity index (χ2n) is 9.96. The van der Waals surface area contributed by atoms with Gasteiger partial charge in [0.1, 0.15) is 0 Å². The Morgan fingerprint density at radius 3 is 2.31 bits per heavy atom. The van der Waals surface area contributed by atoms with E-state index in [9.17, 15) is 4.79 Å². The van der Waals surface area contributed by atoms with Gasteiger partial charge in [-0.1, -0.05) is 95.0 Å². The SMILES string of the molecule is C=C/C=C\C(=C/C)C(C)[C@H](C)NCc1ccc(Cl)cc1NC=O.CC1CCCC1.CCC(C)(C)O. The summed E-state index contributed by atoms with van der Waals surface area (Å²) in [7, 11) is 0. The van der Waals surface area contributed by atoms with Crippen molar-refractivity contribution in [2.24, 2.45) is 11.8 Å². The summed E-state index contributed by atoms with van der Waals surface area (Å²) in [6.45, 7) is 18.6. The fourth-order valence-corrected chi connectivity index (χ4v) is 3.63. The molecule has 1 unspecified atom stereocenters. The Balaban J connectivity index is 0.000000781. The second-order valence-corrected chi connectivity index (χ2v) is 10.4. The van der Waals surface area contributed by atoms with Crippen molar-refractivity contribution in [2.75, 3.05) is 5.32 Å². The summed E-state index contributed by atoms with van der Waals surface area (Å²) in [5, 5.41) is 15.6. The van der Waals surface area contributed by atoms with Crippen LogP contribution in [-0.2, 0) is 11.3 Å². The number of carbonyl (C=O) groups excluding carboxylic acids is 1. The Bertz CT molecular complexity index is 790. The van der Waals surface area contributed by atoms with Crippen LogP contribution in [0.1, 0.15) is 86.1 Å². The molecular weight excluding hydrogens is 456 g/mol. The number of rotatable bonds is 10. The van der Waals surface area contributed by atoms with Gasteiger partial charge in [0.05, 0.1) is 5.60 Å². The standard InChI is InChI=1S/C19H25ClN2O.C6H12.C5H12O/c1-5-7-8-16(6-2)14(3)15(4)21-12-17-9-10-18(20)11-19(17)22-13-23;1-6-4-2-3-5-6;1-4-5(2,3)6/h5-11,13-15,21H,1,12H2,2-4H3,(H,22,23);6H,2-5H2,1H3;6H,4H2,1-3H3/b8-7-,16-6+;;/t14?,15-;;/m0../s1. The topological polar surface area (TPSA) is 61.4 Å². The van der Waals surface area contributed by atoms with Gasteiger partial charge < -0.3 is 15.7 Å². The largest absolute Gasteiger partial charge is 0.390 e. The number of hydrogen-bond donors (Lipinski definition) is 3. The number of nitrogens with one attached hydrogen (secondary N) is 2. The fraction of sp³-hybridized carbons (Fsp3) is 0.567. The van der Waals surface area contributed by atoms with Crippen LogP contribution in [0.25, 0.3) is 0 Å². The van der Waals surface area contributed by atoms with Crippen molar-refractivity contribution < 1.29 is 9.90 Å². The van der Waals surface area contributed by atoms with Crippen LogP contribution in [-0.4, -0.2) is 23.2 Å². The third kappa shape index (κ3) is 15.7. The summed E-state index contributed by atoms with van der Waals surface area (Å²) in [4.78, 5) is 10.7. The number of benzene rings is 1. The molecule has 2 atom stereocenters. The Labute approximate surface area is 219 Å². The van der Waals surface area contributed by atoms with Gasteiger partial charge in [-0.3, -0.25) is 4.79 Å². The van der Waals surface area contributed by atoms with E-state index in [-0.39, 0.29) is 6.04 Å². The van der Waals surface area contributed by atoms with Crippen LogP contribution in [0.3, 0.4) is 0 Å². The van der Waals surface area contributed by atoms with Gasteiger partial charge in [-0.05, 0) is 69.2 Å². The van der Waals surface area contributed by atoms with Crippen molar-refractivity contribution in [1.29, 1.82) is 0 Å². The molecule has 0 aromatic heterocycles. The molecule has 5 heteroatoms. The van der Waals surface area contributed by atoms with Crippen LogP contribution in [0.5, 0.6) is 0 Å². The first-order chi connectivity index (χ1) is 16.5. The van der Waals surface area contributed by atoms with Gasteiger partial charge in [-0.25, -0.2) is 0 Å². The van der Waals surface area contributed by atoms with Crippen molar-refractivity contribution in [2.45, 2.75) is 98.8 Å². The van der Waals surface area contributed by atoms with E-state index in [1.54, 1.807) is 26.0 Å². The molecule has 0 bridgehead atoms. The van der Waals surface area contributed by atoms with Gasteiger partial charge in [-0.15, -0.1) is 0 Å². The summed E-state index contributed by atoms with van der Waals surface area (Å²) >= 11 is 5.98. The molecule has 1 aromatic rings. The first kappa shape index (κ1) is 33.1. The summed E-state index contributed by atoms with van der Waals surface area (Å²) in [6.07, 6.45) is 15.4. The molecular formula is C30H49ClN2O2. The number of halogens is 1. The quantitative estimate of drug-likeness (QED) is 0.223. The monoisotopic (exact) mass is 504 g/mol. The van der Waals surface area contributed by atoms with E-state index < -0.39 is 5.60 Å². The first-order valence-corrected chi connectivity index (χ1v) is 13.3. The van der Waals surface area contributed by atoms with E-state index in [1.807, 2.05) is 32.1 Å². The van der Waals surface area contributed by atoms with Crippen LogP contribution in [0.2, 0.25) is 5.02 Å². The smallest absolute Gasteiger partial charge is 0.211 e. The van der Waals surface area contributed by atoms with Gasteiger partial charge in [0, 0.05) is 23.3 Å². The highest BCUT2D eigenvalue weighted by Gasteiger charge is 2.15. The Hall–Kier alpha value is -1.88. The molecule has 1 aliphatic rings. The maximum atomic E-state index is 10.7. The highest BCUT2D eigenvalue weighted by molar-refractivity contribution is 6.30. The van der Waals surface area contributed by atoms with Gasteiger partial charge in [0.15, 0.2) is 0 Å². The van der Waals surface area contributed by atoms with Crippen molar-refractivity contribution in [3.8, 4) is 0 Å². The van der Waals surface area contributed by atoms with E-state index in [2.05, 4.69) is 50.1 Å². The average Bonchev–Trinajstić information content (AvgIpc) is 3.30. The van der Waals surface area contributed by atoms with Crippen LogP contribution in [0.4, 0.5) is 5.69 Å². The minimum absolute atomic E-state index is 0.274. The van der Waals surface area contributed by atoms with Crippen LogP contribution in [0, 0.1) is 11.8 Å². The molecule has 1 aliphatic carbocycles. The maximum Gasteiger partial charge on any atom is 0.211 e. The molecule has 198 valence electrons. The van der Waals surface area contributed by atoms with Gasteiger partial charge in [-0.2, -0.15) is 0 Å². The summed E-state index contributed by atoms with van der Waals surface area (Å²) in [5.41, 5.74) is 2.54. The molecule has 1 saturated carbocycles. The lowest BCUT2D eigenvalue weighted by atomic mass is 9.93. The van der Waals surface area contributed by atoms with Crippen LogP contribution >= 0.6 is 11.6 Å². The van der Waals surface area contributed by atoms with Crippen molar-refractivity contribution in [3.63, 3.8) is 0 Å². The van der Waals surface area contributed by atoms with E-state index in [4.69, 9.17) is 16.7 Å². The molecule has 0 saturated heterocycles. The summed E-state index contributed by atoms with van der Waals surface area (Å²) in [6, 6.07) is 5.78. The number of allylic oxidation sites excluding steroid dienone is 4. The number of carbonyl (C=O) groups is 1. The molecule has 0 spiro atoms. The van der Waals surface area contributed by atoms with Crippen molar-refractivity contribution in [3.05, 3.63) is 65.2 Å².